The summed E-state index contributed by atoms with van der Waals surface area (Å²) in [5, 5.41) is 28.1. The van der Waals surface area contributed by atoms with Crippen molar-refractivity contribution in [3.05, 3.63) is 94.8 Å². The summed E-state index contributed by atoms with van der Waals surface area (Å²) in [7, 11) is 0. The third kappa shape index (κ3) is 5.97. The number of aliphatic imine (C=N–C) groups is 1. The molecule has 1 unspecified atom stereocenters. The van der Waals surface area contributed by atoms with E-state index in [2.05, 4.69) is 25.6 Å². The van der Waals surface area contributed by atoms with Crippen molar-refractivity contribution in [2.75, 3.05) is 11.9 Å². The van der Waals surface area contributed by atoms with Crippen LogP contribution in [0.1, 0.15) is 52.5 Å². The summed E-state index contributed by atoms with van der Waals surface area (Å²) in [6.45, 7) is -0.910. The molecule has 4 aromatic rings. The minimum absolute atomic E-state index is 0.133. The number of allylic oxidation sites excluding steroid dienone is 1. The van der Waals surface area contributed by atoms with E-state index in [4.69, 9.17) is 19.3 Å². The van der Waals surface area contributed by atoms with Gasteiger partial charge in [0.1, 0.15) is 6.33 Å². The molecule has 208 valence electrons. The van der Waals surface area contributed by atoms with Gasteiger partial charge in [-0.2, -0.15) is 9.41 Å². The summed E-state index contributed by atoms with van der Waals surface area (Å²) < 4.78 is 21.9. The maximum absolute atomic E-state index is 13.6. The molecule has 0 bridgehead atoms. The average molecular weight is 572 g/mol. The predicted molar refractivity (Wildman–Crippen MR) is 156 cm³/mol. The van der Waals surface area contributed by atoms with Crippen molar-refractivity contribution in [1.29, 1.82) is 0 Å². The van der Waals surface area contributed by atoms with E-state index in [1.807, 2.05) is 36.5 Å². The normalized spacial score (nSPS) is 16.3. The fourth-order valence-electron chi connectivity index (χ4n) is 5.09. The minimum Gasteiger partial charge on any atom is -0.618 e. The second-order valence-electron chi connectivity index (χ2n) is 10.1. The number of tetrazole rings is 1. The number of amides is 1. The highest BCUT2D eigenvalue weighted by molar-refractivity contribution is 6.31. The third-order valence-electron chi connectivity index (χ3n) is 7.29. The number of halogens is 1. The Hall–Kier alpha value is -4.57. The van der Waals surface area contributed by atoms with Crippen molar-refractivity contribution >= 4 is 34.7 Å². The molecule has 3 heterocycles. The number of pyridine rings is 1. The molecule has 0 radical (unpaired) electrons. The van der Waals surface area contributed by atoms with Gasteiger partial charge in [-0.3, -0.25) is 10.3 Å². The lowest BCUT2D eigenvalue weighted by Gasteiger charge is -2.18. The molecule has 2 aromatic carbocycles. The molecule has 1 saturated carbocycles. The third-order valence-corrected chi connectivity index (χ3v) is 7.52. The van der Waals surface area contributed by atoms with Crippen LogP contribution in [0.25, 0.3) is 22.4 Å². The Kier molecular flexibility index (Phi) is 6.80. The van der Waals surface area contributed by atoms with E-state index in [9.17, 15) is 10.0 Å². The molecule has 1 aliphatic heterocycles. The van der Waals surface area contributed by atoms with Crippen molar-refractivity contribution in [3.8, 4) is 16.8 Å². The summed E-state index contributed by atoms with van der Waals surface area (Å²) in [4.78, 5) is 16.7. The molecule has 0 saturated heterocycles. The highest BCUT2D eigenvalue weighted by Crippen LogP contribution is 2.41. The fraction of sp³-hybridized carbons (Fsp3) is 0.267. The van der Waals surface area contributed by atoms with Gasteiger partial charge in [-0.1, -0.05) is 36.6 Å². The number of hydrogen-bond acceptors (Lipinski definition) is 7. The largest absolute Gasteiger partial charge is 0.618 e. The molecule has 1 fully saturated rings. The lowest BCUT2D eigenvalue weighted by Crippen LogP contribution is -2.35. The summed E-state index contributed by atoms with van der Waals surface area (Å²) in [6, 6.07) is 16.3. The number of anilines is 1. The van der Waals surface area contributed by atoms with Crippen LogP contribution < -0.4 is 10.0 Å². The van der Waals surface area contributed by atoms with Crippen molar-refractivity contribution in [1.82, 2.24) is 20.2 Å². The van der Waals surface area contributed by atoms with Gasteiger partial charge in [-0.15, -0.1) is 5.10 Å². The van der Waals surface area contributed by atoms with Crippen molar-refractivity contribution < 1.29 is 17.0 Å². The molecular formula is C30H28ClN7O3. The quantitative estimate of drug-likeness (QED) is 0.196. The molecular weight excluding hydrogens is 542 g/mol. The molecule has 1 amide bonds. The second-order valence-corrected chi connectivity index (χ2v) is 10.5. The van der Waals surface area contributed by atoms with Gasteiger partial charge in [-0.25, -0.2) is 4.79 Å². The van der Waals surface area contributed by atoms with Crippen LogP contribution in [0.2, 0.25) is 5.02 Å². The monoisotopic (exact) mass is 571 g/mol. The molecule has 11 heteroatoms. The van der Waals surface area contributed by atoms with Gasteiger partial charge in [0.2, 0.25) is 5.69 Å². The molecule has 1 atom stereocenters. The average Bonchev–Trinajstić information content (AvgIpc) is 3.39. The van der Waals surface area contributed by atoms with Gasteiger partial charge >= 0.3 is 6.09 Å². The number of benzene rings is 2. The van der Waals surface area contributed by atoms with Gasteiger partial charge < -0.3 is 9.94 Å². The second kappa shape index (κ2) is 11.5. The van der Waals surface area contributed by atoms with Crippen molar-refractivity contribution in [2.24, 2.45) is 10.9 Å². The van der Waals surface area contributed by atoms with Gasteiger partial charge in [0.05, 0.1) is 20.9 Å². The molecule has 2 aromatic heterocycles. The molecule has 1 N–H and O–H groups in total. The fourth-order valence-corrected chi connectivity index (χ4v) is 5.26. The van der Waals surface area contributed by atoms with Crippen LogP contribution >= 0.6 is 11.6 Å². The molecule has 6 rings (SSSR count). The van der Waals surface area contributed by atoms with Crippen LogP contribution in [0.15, 0.2) is 78.3 Å². The maximum atomic E-state index is 13.6. The first-order valence-electron chi connectivity index (χ1n) is 14.3. The first-order valence-corrected chi connectivity index (χ1v) is 13.6. The van der Waals surface area contributed by atoms with Gasteiger partial charge in [0.25, 0.3) is 0 Å². The van der Waals surface area contributed by atoms with Crippen LogP contribution in [0.4, 0.5) is 10.5 Å². The zero-order chi connectivity index (χ0) is 30.1. The first-order chi connectivity index (χ1) is 20.6. The Labute approximate surface area is 244 Å². The van der Waals surface area contributed by atoms with E-state index >= 15 is 0 Å². The highest BCUT2D eigenvalue weighted by atomic mass is 35.5. The predicted octanol–water partition coefficient (Wildman–Crippen LogP) is 5.95. The number of nitrogens with one attached hydrogen (secondary N) is 1. The molecule has 1 aliphatic carbocycles. The smallest absolute Gasteiger partial charge is 0.411 e. The van der Waals surface area contributed by atoms with E-state index in [0.717, 1.165) is 53.3 Å². The lowest BCUT2D eigenvalue weighted by molar-refractivity contribution is -0.614. The molecule has 41 heavy (non-hydrogen) atoms. The Morgan fingerprint density at radius 1 is 1.22 bits per heavy atom. The van der Waals surface area contributed by atoms with E-state index in [1.54, 1.807) is 30.5 Å². The summed E-state index contributed by atoms with van der Waals surface area (Å²) in [5.74, 6) is 0.432. The minimum atomic E-state index is -2.07. The summed E-state index contributed by atoms with van der Waals surface area (Å²) >= 11 is 6.31. The molecule has 0 spiro atoms. The van der Waals surface area contributed by atoms with Crippen molar-refractivity contribution in [2.45, 2.75) is 38.5 Å². The number of nitrogens with zero attached hydrogens (tertiary/aromatic N) is 6. The zero-order valence-electron chi connectivity index (χ0n) is 24.2. The summed E-state index contributed by atoms with van der Waals surface area (Å²) in [6.07, 6.45) is 7.78. The van der Waals surface area contributed by atoms with E-state index in [0.29, 0.717) is 40.0 Å². The Morgan fingerprint density at radius 2 is 2.02 bits per heavy atom. The number of hydrogen-bond donors (Lipinski definition) is 1. The van der Waals surface area contributed by atoms with Gasteiger partial charge in [-0.05, 0) is 77.2 Å². The SMILES string of the molecule is [2H]C([2H])(C)OC(=O)Nc1ccc(C2=CN=C(C(CC3CC3)c3ccc(-c4cc(Cl)ccc4-n4cnnn4)c[n+]3[O-])C2)cc1. The lowest BCUT2D eigenvalue weighted by atomic mass is 9.88. The highest BCUT2D eigenvalue weighted by Gasteiger charge is 2.34. The van der Waals surface area contributed by atoms with Crippen LogP contribution in [-0.4, -0.2) is 38.6 Å². The van der Waals surface area contributed by atoms with E-state index < -0.39 is 12.7 Å². The number of rotatable bonds is 9. The summed E-state index contributed by atoms with van der Waals surface area (Å²) in [5.41, 5.74) is 6.14. The van der Waals surface area contributed by atoms with Crippen molar-refractivity contribution in [3.63, 3.8) is 0 Å². The standard InChI is InChI=1S/C30H28ClN7O3/c1-2-41-30(39)34-24-9-5-20(6-10-24)22-14-27(32-16-22)26(13-19-3-4-19)29-11-7-21(17-38(29)40)25-15-23(31)8-12-28(25)37-18-33-35-36-37/h5-12,15-19,26H,2-4,13-14H2,1H3,(H,34,39)/i2D2. The van der Waals surface area contributed by atoms with E-state index in [-0.39, 0.29) is 5.92 Å². The van der Waals surface area contributed by atoms with Gasteiger partial charge in [0, 0.05) is 46.2 Å². The van der Waals surface area contributed by atoms with Crippen LogP contribution in [-0.2, 0) is 4.74 Å². The van der Waals surface area contributed by atoms with Crippen LogP contribution in [0.5, 0.6) is 0 Å². The maximum Gasteiger partial charge on any atom is 0.411 e. The van der Waals surface area contributed by atoms with Gasteiger partial charge in [0.15, 0.2) is 6.20 Å². The van der Waals surface area contributed by atoms with Crippen LogP contribution in [0.3, 0.4) is 0 Å². The Balaban J connectivity index is 1.20. The number of carbonyl (C=O) groups excluding carboxylic acids is 1. The zero-order valence-corrected chi connectivity index (χ0v) is 23.0. The number of aromatic nitrogens is 5. The van der Waals surface area contributed by atoms with E-state index in [1.165, 1.54) is 11.0 Å². The molecule has 2 aliphatic rings. The Bertz CT molecular complexity index is 1720. The number of carbonyl (C=O) groups is 1. The molecule has 10 nitrogen and oxygen atoms in total. The topological polar surface area (TPSA) is 121 Å². The van der Waals surface area contributed by atoms with Crippen LogP contribution in [0, 0.1) is 11.1 Å². The first kappa shape index (κ1) is 24.2. The Morgan fingerprint density at radius 3 is 2.73 bits per heavy atom. The number of ether oxygens (including phenoxy) is 1.